The summed E-state index contributed by atoms with van der Waals surface area (Å²) in [5.41, 5.74) is 1.45. The summed E-state index contributed by atoms with van der Waals surface area (Å²) in [6.07, 6.45) is 1.48. The van der Waals surface area contributed by atoms with E-state index in [1.54, 1.807) is 37.3 Å². The topological polar surface area (TPSA) is 107 Å². The van der Waals surface area contributed by atoms with Crippen LogP contribution in [0.5, 0.6) is 0 Å². The lowest BCUT2D eigenvalue weighted by Crippen LogP contribution is -2.21. The van der Waals surface area contributed by atoms with Gasteiger partial charge in [-0.2, -0.15) is 0 Å². The highest BCUT2D eigenvalue weighted by molar-refractivity contribution is 6.44. The van der Waals surface area contributed by atoms with Crippen molar-refractivity contribution in [3.05, 3.63) is 64.0 Å². The number of halogens is 2. The number of nitrogens with zero attached hydrogens (tertiary/aromatic N) is 2. The Kier molecular flexibility index (Phi) is 5.43. The second-order valence-corrected chi connectivity index (χ2v) is 6.99. The molecule has 1 amide bonds. The maximum Gasteiger partial charge on any atom is 0.339 e. The Morgan fingerprint density at radius 3 is 2.80 bits per heavy atom. The molecule has 1 N–H and O–H groups in total. The Balaban J connectivity index is 1.55. The average Bonchev–Trinajstić information content (AvgIpc) is 3.39. The van der Waals surface area contributed by atoms with Crippen molar-refractivity contribution in [1.29, 1.82) is 0 Å². The van der Waals surface area contributed by atoms with Crippen LogP contribution in [-0.4, -0.2) is 28.6 Å². The number of hydrogen-bond donors (Lipinski definition) is 1. The number of amides is 1. The molecule has 4 aromatic rings. The molecule has 0 aliphatic rings. The SMILES string of the molecule is Cc1noc2nc(-c3ccco3)cc(C(=O)OCC(=O)Nc3cccc(Cl)c3Cl)c12. The van der Waals surface area contributed by atoms with Crippen LogP contribution in [0.1, 0.15) is 16.1 Å². The van der Waals surface area contributed by atoms with Crippen molar-refractivity contribution in [2.24, 2.45) is 0 Å². The Morgan fingerprint density at radius 1 is 1.20 bits per heavy atom. The van der Waals surface area contributed by atoms with Crippen LogP contribution in [0.3, 0.4) is 0 Å². The summed E-state index contributed by atoms with van der Waals surface area (Å²) >= 11 is 12.0. The van der Waals surface area contributed by atoms with Crippen LogP contribution in [0.15, 0.2) is 51.6 Å². The number of fused-ring (bicyclic) bond motifs is 1. The molecule has 152 valence electrons. The number of carbonyl (C=O) groups excluding carboxylic acids is 2. The van der Waals surface area contributed by atoms with Crippen molar-refractivity contribution >= 4 is 51.9 Å². The van der Waals surface area contributed by atoms with Gasteiger partial charge in [-0.05, 0) is 37.3 Å². The fraction of sp³-hybridized carbons (Fsp3) is 0.100. The lowest BCUT2D eigenvalue weighted by atomic mass is 10.1. The highest BCUT2D eigenvalue weighted by atomic mass is 35.5. The maximum absolute atomic E-state index is 12.7. The van der Waals surface area contributed by atoms with Gasteiger partial charge < -0.3 is 19.0 Å². The largest absolute Gasteiger partial charge is 0.463 e. The van der Waals surface area contributed by atoms with E-state index < -0.39 is 18.5 Å². The molecule has 0 saturated heterocycles. The van der Waals surface area contributed by atoms with Crippen molar-refractivity contribution in [1.82, 2.24) is 10.1 Å². The molecule has 8 nitrogen and oxygen atoms in total. The third kappa shape index (κ3) is 3.87. The van der Waals surface area contributed by atoms with Gasteiger partial charge in [0, 0.05) is 0 Å². The first-order valence-corrected chi connectivity index (χ1v) is 9.41. The summed E-state index contributed by atoms with van der Waals surface area (Å²) in [6, 6.07) is 9.68. The number of carbonyl (C=O) groups is 2. The molecule has 0 aliphatic heterocycles. The highest BCUT2D eigenvalue weighted by Gasteiger charge is 2.22. The predicted octanol–water partition coefficient (Wildman–Crippen LogP) is 4.89. The second kappa shape index (κ2) is 8.17. The van der Waals surface area contributed by atoms with Crippen molar-refractivity contribution < 1.29 is 23.3 Å². The molecule has 0 bridgehead atoms. The number of anilines is 1. The zero-order valence-electron chi connectivity index (χ0n) is 15.4. The molecular weight excluding hydrogens is 433 g/mol. The van der Waals surface area contributed by atoms with Crippen LogP contribution >= 0.6 is 23.2 Å². The Labute approximate surface area is 179 Å². The third-order valence-electron chi connectivity index (χ3n) is 4.17. The van der Waals surface area contributed by atoms with Crippen molar-refractivity contribution in [3.8, 4) is 11.5 Å². The quantitative estimate of drug-likeness (QED) is 0.435. The third-order valence-corrected chi connectivity index (χ3v) is 4.99. The number of aromatic nitrogens is 2. The fourth-order valence-electron chi connectivity index (χ4n) is 2.80. The molecule has 1 aromatic carbocycles. The van der Waals surface area contributed by atoms with Gasteiger partial charge in [0.05, 0.1) is 38.6 Å². The van der Waals surface area contributed by atoms with E-state index in [9.17, 15) is 9.59 Å². The van der Waals surface area contributed by atoms with Crippen LogP contribution in [0.25, 0.3) is 22.6 Å². The Bertz CT molecular complexity index is 1250. The molecule has 3 heterocycles. The van der Waals surface area contributed by atoms with Crippen LogP contribution in [0, 0.1) is 6.92 Å². The minimum absolute atomic E-state index is 0.152. The lowest BCUT2D eigenvalue weighted by Gasteiger charge is -2.09. The van der Waals surface area contributed by atoms with E-state index in [1.807, 2.05) is 0 Å². The number of nitrogens with one attached hydrogen (secondary N) is 1. The predicted molar refractivity (Wildman–Crippen MR) is 110 cm³/mol. The van der Waals surface area contributed by atoms with E-state index >= 15 is 0 Å². The number of benzene rings is 1. The monoisotopic (exact) mass is 445 g/mol. The van der Waals surface area contributed by atoms with E-state index in [0.29, 0.717) is 33.2 Å². The molecular formula is C20H13Cl2N3O5. The van der Waals surface area contributed by atoms with Gasteiger partial charge in [-0.1, -0.05) is 34.4 Å². The average molecular weight is 446 g/mol. The fourth-order valence-corrected chi connectivity index (χ4v) is 3.15. The molecule has 0 saturated carbocycles. The summed E-state index contributed by atoms with van der Waals surface area (Å²) < 4.78 is 15.7. The zero-order chi connectivity index (χ0) is 21.3. The van der Waals surface area contributed by atoms with Gasteiger partial charge >= 0.3 is 5.97 Å². The van der Waals surface area contributed by atoms with Crippen LogP contribution in [0.2, 0.25) is 10.0 Å². The highest BCUT2D eigenvalue weighted by Crippen LogP contribution is 2.30. The van der Waals surface area contributed by atoms with Crippen LogP contribution in [0.4, 0.5) is 5.69 Å². The van der Waals surface area contributed by atoms with E-state index in [4.69, 9.17) is 36.9 Å². The number of hydrogen-bond acceptors (Lipinski definition) is 7. The number of pyridine rings is 1. The standard InChI is InChI=1S/C20H13Cl2N3O5/c1-10-17-11(8-14(15-6-3-7-28-15)24-19(17)30-25-10)20(27)29-9-16(26)23-13-5-2-4-12(21)18(13)22/h2-8H,9H2,1H3,(H,23,26). The molecule has 10 heteroatoms. The minimum atomic E-state index is -0.742. The molecule has 0 radical (unpaired) electrons. The number of furan rings is 1. The molecule has 0 unspecified atom stereocenters. The normalized spacial score (nSPS) is 10.9. The Morgan fingerprint density at radius 2 is 2.03 bits per heavy atom. The smallest absolute Gasteiger partial charge is 0.339 e. The first-order valence-electron chi connectivity index (χ1n) is 8.66. The number of rotatable bonds is 5. The van der Waals surface area contributed by atoms with Gasteiger partial charge in [0.15, 0.2) is 12.4 Å². The molecule has 0 atom stereocenters. The first kappa shape index (κ1) is 19.9. The lowest BCUT2D eigenvalue weighted by molar-refractivity contribution is -0.119. The zero-order valence-corrected chi connectivity index (χ0v) is 17.0. The summed E-state index contributed by atoms with van der Waals surface area (Å²) in [4.78, 5) is 29.2. The van der Waals surface area contributed by atoms with Crippen molar-refractivity contribution in [3.63, 3.8) is 0 Å². The minimum Gasteiger partial charge on any atom is -0.463 e. The first-order chi connectivity index (χ1) is 14.4. The van der Waals surface area contributed by atoms with E-state index in [2.05, 4.69) is 15.5 Å². The summed E-state index contributed by atoms with van der Waals surface area (Å²) in [7, 11) is 0. The van der Waals surface area contributed by atoms with Gasteiger partial charge in [0.2, 0.25) is 0 Å². The second-order valence-electron chi connectivity index (χ2n) is 6.21. The Hall–Kier alpha value is -3.36. The number of esters is 1. The molecule has 4 rings (SSSR count). The van der Waals surface area contributed by atoms with Crippen molar-refractivity contribution in [2.75, 3.05) is 11.9 Å². The van der Waals surface area contributed by atoms with E-state index in [-0.39, 0.29) is 16.3 Å². The summed E-state index contributed by atoms with van der Waals surface area (Å²) in [5, 5.41) is 7.27. The molecule has 0 fully saturated rings. The summed E-state index contributed by atoms with van der Waals surface area (Å²) in [6.45, 7) is 1.14. The molecule has 30 heavy (non-hydrogen) atoms. The van der Waals surface area contributed by atoms with Gasteiger partial charge in [-0.15, -0.1) is 0 Å². The molecule has 3 aromatic heterocycles. The number of aryl methyl sites for hydroxylation is 1. The van der Waals surface area contributed by atoms with E-state index in [1.165, 1.54) is 12.3 Å². The van der Waals surface area contributed by atoms with Gasteiger partial charge in [-0.3, -0.25) is 4.79 Å². The van der Waals surface area contributed by atoms with Crippen molar-refractivity contribution in [2.45, 2.75) is 6.92 Å². The van der Waals surface area contributed by atoms with Gasteiger partial charge in [0.25, 0.3) is 11.6 Å². The van der Waals surface area contributed by atoms with Gasteiger partial charge in [-0.25, -0.2) is 9.78 Å². The van der Waals surface area contributed by atoms with Crippen LogP contribution in [-0.2, 0) is 9.53 Å². The van der Waals surface area contributed by atoms with Gasteiger partial charge in [0.1, 0.15) is 5.69 Å². The summed E-state index contributed by atoms with van der Waals surface area (Å²) in [5.74, 6) is -0.881. The maximum atomic E-state index is 12.7. The van der Waals surface area contributed by atoms with Crippen LogP contribution < -0.4 is 5.32 Å². The molecule has 0 aliphatic carbocycles. The number of ether oxygens (including phenoxy) is 1. The molecule has 0 spiro atoms. The van der Waals surface area contributed by atoms with E-state index in [0.717, 1.165) is 0 Å².